The number of fused-ring (bicyclic) bond motifs is 8. The average molecular weight is 625 g/mol. The average Bonchev–Trinajstić information content (AvgIpc) is 3.72. The number of aryl methyl sites for hydroxylation is 3. The maximum Gasteiger partial charge on any atom is 0.341 e. The van der Waals surface area contributed by atoms with E-state index in [0.717, 1.165) is 50.7 Å². The Morgan fingerprint density at radius 1 is 0.891 bits per heavy atom. The minimum absolute atomic E-state index is 0.0611. The predicted molar refractivity (Wildman–Crippen MR) is 178 cm³/mol. The highest BCUT2D eigenvalue weighted by atomic mass is 16.5. The van der Waals surface area contributed by atoms with Gasteiger partial charge in [-0.05, 0) is 74.1 Å². The summed E-state index contributed by atoms with van der Waals surface area (Å²) < 4.78 is 15.4. The molecular weight excluding hydrogens is 584 g/mol. The lowest BCUT2D eigenvalue weighted by Crippen LogP contribution is -2.15. The van der Waals surface area contributed by atoms with E-state index < -0.39 is 11.9 Å². The SMILES string of the molecule is C=Cc1c(C)c2cc3nc(c(C(=O)OC)c4nc(cc5[nH]c(cc1[nH]2)c(C)c5CC)C(C)=C4C(=O)OC)[C@@H](CCC(=O)OC)[C@@H]3C. The fraction of sp³-hybridized carbons (Fsp3) is 0.361. The topological polar surface area (TPSA) is 136 Å². The van der Waals surface area contributed by atoms with E-state index in [1.165, 1.54) is 21.3 Å². The van der Waals surface area contributed by atoms with E-state index in [9.17, 15) is 14.4 Å². The fourth-order valence-electron chi connectivity index (χ4n) is 6.60. The third-order valence-electron chi connectivity index (χ3n) is 9.30. The Morgan fingerprint density at radius 3 is 2.20 bits per heavy atom. The smallest absolute Gasteiger partial charge is 0.341 e. The lowest BCUT2D eigenvalue weighted by Gasteiger charge is -2.17. The number of ether oxygens (including phenoxy) is 3. The first-order valence-corrected chi connectivity index (χ1v) is 15.3. The van der Waals surface area contributed by atoms with Crippen LogP contribution in [0.2, 0.25) is 0 Å². The summed E-state index contributed by atoms with van der Waals surface area (Å²) in [5, 5.41) is 0. The molecule has 3 aromatic rings. The van der Waals surface area contributed by atoms with E-state index in [4.69, 9.17) is 24.2 Å². The molecule has 240 valence electrons. The molecule has 0 amide bonds. The molecule has 3 aromatic heterocycles. The predicted octanol–water partition coefficient (Wildman–Crippen LogP) is 6.87. The molecule has 2 atom stereocenters. The second-order valence-electron chi connectivity index (χ2n) is 11.7. The Hall–Kier alpha value is -4.99. The molecule has 0 fully saturated rings. The number of esters is 3. The van der Waals surface area contributed by atoms with Crippen LogP contribution >= 0.6 is 0 Å². The highest BCUT2D eigenvalue weighted by Crippen LogP contribution is 2.44. The summed E-state index contributed by atoms with van der Waals surface area (Å²) in [4.78, 5) is 56.4. The standard InChI is InChI=1S/C36H40N4O6/c1-10-21-17(3)24-14-26-19(5)23(12-13-30(41)44-7)33(39-26)32(36(43)46-9)34-31(35(42)45-8)20(6)27(40-34)16-29-22(11-2)18(4)25(38-29)15-28(21)37-24/h10,14-16,19,23,37-38H,1,11-13H2,2-9H3/t19-,23-/m0/s1. The zero-order chi connectivity index (χ0) is 33.4. The summed E-state index contributed by atoms with van der Waals surface area (Å²) in [5.41, 5.74) is 10.2. The van der Waals surface area contributed by atoms with Crippen molar-refractivity contribution in [2.75, 3.05) is 21.3 Å². The number of methoxy groups -OCH3 is 3. The van der Waals surface area contributed by atoms with Crippen molar-refractivity contribution in [3.05, 3.63) is 75.4 Å². The first-order valence-electron chi connectivity index (χ1n) is 15.3. The number of carbonyl (C=O) groups is 3. The summed E-state index contributed by atoms with van der Waals surface area (Å²) >= 11 is 0. The van der Waals surface area contributed by atoms with Crippen LogP contribution in [0.1, 0.15) is 101 Å². The largest absolute Gasteiger partial charge is 0.469 e. The van der Waals surface area contributed by atoms with Gasteiger partial charge >= 0.3 is 17.9 Å². The Balaban J connectivity index is 2.04. The van der Waals surface area contributed by atoms with Gasteiger partial charge in [0.2, 0.25) is 0 Å². The van der Waals surface area contributed by atoms with Crippen molar-refractivity contribution in [3.8, 4) is 0 Å². The van der Waals surface area contributed by atoms with Crippen LogP contribution in [-0.4, -0.2) is 59.2 Å². The summed E-state index contributed by atoms with van der Waals surface area (Å²) in [6, 6.07) is 5.95. The molecule has 0 saturated heterocycles. The van der Waals surface area contributed by atoms with Crippen LogP contribution in [0, 0.1) is 13.8 Å². The van der Waals surface area contributed by atoms with Crippen LogP contribution in [0.15, 0.2) is 24.8 Å². The van der Waals surface area contributed by atoms with Gasteiger partial charge in [-0.1, -0.05) is 26.5 Å². The lowest BCUT2D eigenvalue weighted by molar-refractivity contribution is -0.140. The Labute approximate surface area is 267 Å². The zero-order valence-corrected chi connectivity index (χ0v) is 27.6. The number of H-pyrrole nitrogens is 2. The highest BCUT2D eigenvalue weighted by molar-refractivity contribution is 6.26. The molecular formula is C36H40N4O6. The van der Waals surface area contributed by atoms with Gasteiger partial charge in [0.1, 0.15) is 5.56 Å². The molecule has 0 unspecified atom stereocenters. The van der Waals surface area contributed by atoms with Gasteiger partial charge < -0.3 is 24.2 Å². The Kier molecular flexibility index (Phi) is 9.01. The van der Waals surface area contributed by atoms with Gasteiger partial charge in [-0.2, -0.15) is 0 Å². The molecule has 2 aliphatic rings. The molecule has 2 aliphatic heterocycles. The number of nitrogens with one attached hydrogen (secondary N) is 2. The van der Waals surface area contributed by atoms with Crippen LogP contribution in [0.25, 0.3) is 39.3 Å². The van der Waals surface area contributed by atoms with E-state index in [1.807, 2.05) is 32.1 Å². The number of allylic oxidation sites excluding steroid dienone is 1. The number of hydrogen-bond acceptors (Lipinski definition) is 8. The van der Waals surface area contributed by atoms with Crippen molar-refractivity contribution in [2.45, 2.75) is 65.7 Å². The normalized spacial score (nSPS) is 15.9. The first-order chi connectivity index (χ1) is 22.0. The minimum Gasteiger partial charge on any atom is -0.469 e. The van der Waals surface area contributed by atoms with Crippen molar-refractivity contribution in [2.24, 2.45) is 0 Å². The van der Waals surface area contributed by atoms with Gasteiger partial charge in [0, 0.05) is 51.6 Å². The van der Waals surface area contributed by atoms with Crippen LogP contribution in [0.5, 0.6) is 0 Å². The molecule has 10 nitrogen and oxygen atoms in total. The van der Waals surface area contributed by atoms with Crippen molar-refractivity contribution < 1.29 is 28.6 Å². The van der Waals surface area contributed by atoms with Crippen molar-refractivity contribution >= 4 is 57.2 Å². The highest BCUT2D eigenvalue weighted by Gasteiger charge is 2.38. The molecule has 0 spiro atoms. The van der Waals surface area contributed by atoms with Gasteiger partial charge in [0.05, 0.1) is 44.0 Å². The third-order valence-corrected chi connectivity index (χ3v) is 9.30. The molecule has 2 N–H and O–H groups in total. The number of nitrogens with zero attached hydrogens (tertiary/aromatic N) is 2. The second kappa shape index (κ2) is 12.8. The molecule has 5 heterocycles. The second-order valence-corrected chi connectivity index (χ2v) is 11.7. The fourth-order valence-corrected chi connectivity index (χ4v) is 6.60. The van der Waals surface area contributed by atoms with Gasteiger partial charge in [0.25, 0.3) is 0 Å². The zero-order valence-electron chi connectivity index (χ0n) is 27.6. The van der Waals surface area contributed by atoms with Crippen molar-refractivity contribution in [1.82, 2.24) is 19.9 Å². The molecule has 46 heavy (non-hydrogen) atoms. The summed E-state index contributed by atoms with van der Waals surface area (Å²) in [7, 11) is 3.91. The third kappa shape index (κ3) is 5.42. The van der Waals surface area contributed by atoms with Crippen molar-refractivity contribution in [1.29, 1.82) is 0 Å². The van der Waals surface area contributed by atoms with Crippen LogP contribution < -0.4 is 0 Å². The maximum absolute atomic E-state index is 13.7. The molecule has 0 aliphatic carbocycles. The van der Waals surface area contributed by atoms with Gasteiger partial charge in [-0.25, -0.2) is 14.6 Å². The van der Waals surface area contributed by atoms with Crippen molar-refractivity contribution in [3.63, 3.8) is 0 Å². The van der Waals surface area contributed by atoms with E-state index in [1.54, 1.807) is 6.92 Å². The molecule has 8 bridgehead atoms. The van der Waals surface area contributed by atoms with E-state index in [2.05, 4.69) is 36.5 Å². The number of aromatic nitrogens is 4. The minimum atomic E-state index is -0.695. The van der Waals surface area contributed by atoms with E-state index in [-0.39, 0.29) is 41.1 Å². The number of carbonyl (C=O) groups excluding carboxylic acids is 3. The number of aromatic amines is 2. The van der Waals surface area contributed by atoms with E-state index >= 15 is 0 Å². The summed E-state index contributed by atoms with van der Waals surface area (Å²) in [5.74, 6) is -2.30. The lowest BCUT2D eigenvalue weighted by atomic mass is 9.85. The molecule has 10 heteroatoms. The molecule has 0 saturated carbocycles. The van der Waals surface area contributed by atoms with Crippen LogP contribution in [-0.2, 0) is 30.2 Å². The maximum atomic E-state index is 13.7. The van der Waals surface area contributed by atoms with Crippen LogP contribution in [0.3, 0.4) is 0 Å². The molecule has 0 aromatic carbocycles. The molecule has 5 rings (SSSR count). The Bertz CT molecular complexity index is 1980. The first kappa shape index (κ1) is 32.4. The number of rotatable bonds is 7. The van der Waals surface area contributed by atoms with Crippen LogP contribution in [0.4, 0.5) is 0 Å². The van der Waals surface area contributed by atoms with E-state index in [0.29, 0.717) is 29.1 Å². The quantitative estimate of drug-likeness (QED) is 0.215. The molecule has 0 radical (unpaired) electrons. The van der Waals surface area contributed by atoms with Gasteiger partial charge in [-0.15, -0.1) is 0 Å². The Morgan fingerprint density at radius 2 is 1.57 bits per heavy atom. The van der Waals surface area contributed by atoms with Gasteiger partial charge in [-0.3, -0.25) is 9.78 Å². The summed E-state index contributed by atoms with van der Waals surface area (Å²) in [6.07, 6.45) is 3.05. The van der Waals surface area contributed by atoms with Gasteiger partial charge in [0.15, 0.2) is 0 Å². The summed E-state index contributed by atoms with van der Waals surface area (Å²) in [6.45, 7) is 14.0. The number of hydrogen-bond donors (Lipinski definition) is 2. The monoisotopic (exact) mass is 624 g/mol.